The summed E-state index contributed by atoms with van der Waals surface area (Å²) < 4.78 is 0.967. The molecule has 0 spiro atoms. The third kappa shape index (κ3) is 2.41. The van der Waals surface area contributed by atoms with E-state index < -0.39 is 0 Å². The van der Waals surface area contributed by atoms with Crippen LogP contribution in [0.25, 0.3) is 11.3 Å². The Hall–Kier alpha value is -1.16. The summed E-state index contributed by atoms with van der Waals surface area (Å²) in [6, 6.07) is 4.14. The highest BCUT2D eigenvalue weighted by Crippen LogP contribution is 2.33. The maximum absolute atomic E-state index is 4.39. The molecular weight excluding hydrogens is 278 g/mol. The summed E-state index contributed by atoms with van der Waals surface area (Å²) in [5.74, 6) is 0.423. The number of rotatable bonds is 2. The number of pyridine rings is 1. The molecule has 2 rings (SSSR count). The minimum atomic E-state index is 0.423. The molecule has 0 fully saturated rings. The molecule has 0 amide bonds. The van der Waals surface area contributed by atoms with E-state index in [1.807, 2.05) is 13.8 Å². The molecule has 0 radical (unpaired) electrons. The molecule has 0 unspecified atom stereocenters. The van der Waals surface area contributed by atoms with Gasteiger partial charge in [-0.25, -0.2) is 0 Å². The fraction of sp³-hybridized carbons (Fsp3) is 0.385. The van der Waals surface area contributed by atoms with Crippen molar-refractivity contribution in [1.29, 1.82) is 0 Å². The van der Waals surface area contributed by atoms with Crippen molar-refractivity contribution in [1.82, 2.24) is 15.2 Å². The normalized spacial score (nSPS) is 11.2. The first-order valence-electron chi connectivity index (χ1n) is 5.68. The second kappa shape index (κ2) is 4.61. The van der Waals surface area contributed by atoms with Crippen LogP contribution in [0.1, 0.15) is 36.7 Å². The molecule has 0 saturated carbocycles. The zero-order valence-electron chi connectivity index (χ0n) is 10.5. The van der Waals surface area contributed by atoms with E-state index in [0.717, 1.165) is 27.2 Å². The third-order valence-electron chi connectivity index (χ3n) is 2.69. The Kier molecular flexibility index (Phi) is 3.33. The lowest BCUT2D eigenvalue weighted by atomic mass is 9.99. The van der Waals surface area contributed by atoms with Crippen LogP contribution in [-0.4, -0.2) is 15.2 Å². The van der Waals surface area contributed by atoms with Crippen molar-refractivity contribution in [3.63, 3.8) is 0 Å². The monoisotopic (exact) mass is 293 g/mol. The number of hydrogen-bond acceptors (Lipinski definition) is 2. The lowest BCUT2D eigenvalue weighted by Gasteiger charge is -2.08. The number of aromatic nitrogens is 3. The second-order valence-electron chi connectivity index (χ2n) is 4.59. The molecule has 0 atom stereocenters. The molecule has 17 heavy (non-hydrogen) atoms. The minimum Gasteiger partial charge on any atom is -0.270 e. The smallest absolute Gasteiger partial charge is 0.104 e. The Morgan fingerprint density at radius 2 is 1.76 bits per heavy atom. The van der Waals surface area contributed by atoms with Gasteiger partial charge in [-0.3, -0.25) is 10.1 Å². The van der Waals surface area contributed by atoms with Gasteiger partial charge in [-0.2, -0.15) is 5.10 Å². The van der Waals surface area contributed by atoms with Crippen molar-refractivity contribution >= 4 is 15.9 Å². The topological polar surface area (TPSA) is 41.6 Å². The Bertz CT molecular complexity index is 523. The lowest BCUT2D eigenvalue weighted by Crippen LogP contribution is -1.93. The average molecular weight is 294 g/mol. The standard InChI is InChI=1S/C13H16BrN3/c1-7(2)11-12(16-17-13(11)14)10-5-8(3)15-9(4)6-10/h5-7H,1-4H3,(H,16,17). The first kappa shape index (κ1) is 12.3. The fourth-order valence-corrected chi connectivity index (χ4v) is 2.78. The molecule has 4 heteroatoms. The largest absolute Gasteiger partial charge is 0.270 e. The van der Waals surface area contributed by atoms with E-state index in [0.29, 0.717) is 5.92 Å². The summed E-state index contributed by atoms with van der Waals surface area (Å²) in [6.45, 7) is 8.35. The van der Waals surface area contributed by atoms with Gasteiger partial charge in [0.2, 0.25) is 0 Å². The summed E-state index contributed by atoms with van der Waals surface area (Å²) in [5, 5.41) is 7.39. The van der Waals surface area contributed by atoms with Gasteiger partial charge in [0, 0.05) is 22.5 Å². The van der Waals surface area contributed by atoms with Gasteiger partial charge in [0.05, 0.1) is 5.69 Å². The molecule has 2 aromatic heterocycles. The quantitative estimate of drug-likeness (QED) is 0.910. The molecule has 0 bridgehead atoms. The molecular formula is C13H16BrN3. The predicted octanol–water partition coefficient (Wildman–Crippen LogP) is 3.97. The maximum atomic E-state index is 4.39. The molecule has 0 aromatic carbocycles. The maximum Gasteiger partial charge on any atom is 0.104 e. The first-order valence-corrected chi connectivity index (χ1v) is 6.47. The third-order valence-corrected chi connectivity index (χ3v) is 3.29. The van der Waals surface area contributed by atoms with Gasteiger partial charge in [0.15, 0.2) is 0 Å². The first-order chi connectivity index (χ1) is 7.99. The van der Waals surface area contributed by atoms with E-state index >= 15 is 0 Å². The highest BCUT2D eigenvalue weighted by molar-refractivity contribution is 9.10. The van der Waals surface area contributed by atoms with Crippen molar-refractivity contribution in [2.45, 2.75) is 33.6 Å². The molecule has 0 aliphatic rings. The van der Waals surface area contributed by atoms with E-state index in [2.05, 4.69) is 57.1 Å². The Morgan fingerprint density at radius 1 is 1.18 bits per heavy atom. The van der Waals surface area contributed by atoms with E-state index in [4.69, 9.17) is 0 Å². The Balaban J connectivity index is 2.60. The fourth-order valence-electron chi connectivity index (χ4n) is 2.05. The summed E-state index contributed by atoms with van der Waals surface area (Å²) in [5.41, 5.74) is 5.40. The Morgan fingerprint density at radius 3 is 2.29 bits per heavy atom. The van der Waals surface area contributed by atoms with Crippen LogP contribution in [0.3, 0.4) is 0 Å². The van der Waals surface area contributed by atoms with Gasteiger partial charge < -0.3 is 0 Å². The highest BCUT2D eigenvalue weighted by atomic mass is 79.9. The molecule has 2 heterocycles. The molecule has 1 N–H and O–H groups in total. The average Bonchev–Trinajstić information content (AvgIpc) is 2.58. The van der Waals surface area contributed by atoms with Gasteiger partial charge in [-0.1, -0.05) is 13.8 Å². The molecule has 0 saturated heterocycles. The van der Waals surface area contributed by atoms with Gasteiger partial charge in [-0.15, -0.1) is 0 Å². The van der Waals surface area contributed by atoms with Crippen LogP contribution in [0.15, 0.2) is 16.7 Å². The van der Waals surface area contributed by atoms with E-state index in [-0.39, 0.29) is 0 Å². The zero-order valence-corrected chi connectivity index (χ0v) is 12.1. The van der Waals surface area contributed by atoms with E-state index in [1.54, 1.807) is 0 Å². The molecule has 0 aliphatic carbocycles. The van der Waals surface area contributed by atoms with Crippen LogP contribution in [-0.2, 0) is 0 Å². The van der Waals surface area contributed by atoms with Crippen molar-refractivity contribution in [3.8, 4) is 11.3 Å². The lowest BCUT2D eigenvalue weighted by molar-refractivity contribution is 0.863. The van der Waals surface area contributed by atoms with Crippen molar-refractivity contribution in [3.05, 3.63) is 33.7 Å². The Labute approximate surface area is 110 Å². The number of nitrogens with zero attached hydrogens (tertiary/aromatic N) is 2. The number of H-pyrrole nitrogens is 1. The summed E-state index contributed by atoms with van der Waals surface area (Å²) in [7, 11) is 0. The molecule has 2 aromatic rings. The van der Waals surface area contributed by atoms with Crippen LogP contribution >= 0.6 is 15.9 Å². The highest BCUT2D eigenvalue weighted by Gasteiger charge is 2.16. The zero-order chi connectivity index (χ0) is 12.6. The van der Waals surface area contributed by atoms with Crippen LogP contribution in [0.2, 0.25) is 0 Å². The van der Waals surface area contributed by atoms with Gasteiger partial charge in [-0.05, 0) is 47.8 Å². The minimum absolute atomic E-state index is 0.423. The van der Waals surface area contributed by atoms with Crippen LogP contribution in [0.5, 0.6) is 0 Å². The van der Waals surface area contributed by atoms with Crippen LogP contribution in [0.4, 0.5) is 0 Å². The molecule has 0 aliphatic heterocycles. The second-order valence-corrected chi connectivity index (χ2v) is 5.39. The molecule has 3 nitrogen and oxygen atoms in total. The van der Waals surface area contributed by atoms with Crippen LogP contribution < -0.4 is 0 Å². The summed E-state index contributed by atoms with van der Waals surface area (Å²) in [6.07, 6.45) is 0. The summed E-state index contributed by atoms with van der Waals surface area (Å²) >= 11 is 3.52. The van der Waals surface area contributed by atoms with E-state index in [1.165, 1.54) is 5.56 Å². The number of aryl methyl sites for hydroxylation is 2. The number of aromatic amines is 1. The van der Waals surface area contributed by atoms with E-state index in [9.17, 15) is 0 Å². The predicted molar refractivity (Wildman–Crippen MR) is 73.1 cm³/mol. The van der Waals surface area contributed by atoms with Crippen molar-refractivity contribution < 1.29 is 0 Å². The SMILES string of the molecule is Cc1cc(-c2n[nH]c(Br)c2C(C)C)cc(C)n1. The van der Waals surface area contributed by atoms with Crippen LogP contribution in [0, 0.1) is 13.8 Å². The number of nitrogens with one attached hydrogen (secondary N) is 1. The van der Waals surface area contributed by atoms with Gasteiger partial charge in [0.25, 0.3) is 0 Å². The molecule has 90 valence electrons. The van der Waals surface area contributed by atoms with Gasteiger partial charge in [0.1, 0.15) is 4.60 Å². The number of halogens is 1. The van der Waals surface area contributed by atoms with Crippen molar-refractivity contribution in [2.75, 3.05) is 0 Å². The summed E-state index contributed by atoms with van der Waals surface area (Å²) in [4.78, 5) is 4.39. The van der Waals surface area contributed by atoms with Crippen molar-refractivity contribution in [2.24, 2.45) is 0 Å². The number of hydrogen-bond donors (Lipinski definition) is 1. The van der Waals surface area contributed by atoms with Gasteiger partial charge >= 0.3 is 0 Å².